The molecule has 0 saturated heterocycles. The molecular formula is C11H11FO2S. The molecule has 0 aliphatic carbocycles. The summed E-state index contributed by atoms with van der Waals surface area (Å²) in [6.45, 7) is 0. The van der Waals surface area contributed by atoms with E-state index in [4.69, 9.17) is 5.11 Å². The van der Waals surface area contributed by atoms with Crippen LogP contribution in [0.5, 0.6) is 0 Å². The van der Waals surface area contributed by atoms with Crippen LogP contribution in [0.3, 0.4) is 0 Å². The molecule has 0 aromatic heterocycles. The van der Waals surface area contributed by atoms with E-state index >= 15 is 0 Å². The van der Waals surface area contributed by atoms with Crippen molar-refractivity contribution in [3.05, 3.63) is 29.6 Å². The Hall–Kier alpha value is -1.03. The van der Waals surface area contributed by atoms with Crippen LogP contribution in [0.25, 0.3) is 0 Å². The van der Waals surface area contributed by atoms with Gasteiger partial charge in [-0.1, -0.05) is 0 Å². The molecular weight excluding hydrogens is 215 g/mol. The van der Waals surface area contributed by atoms with E-state index in [1.54, 1.807) is 23.9 Å². The summed E-state index contributed by atoms with van der Waals surface area (Å²) < 4.78 is 12.9. The predicted octanol–water partition coefficient (Wildman–Crippen LogP) is 2.71. The highest BCUT2D eigenvalue weighted by Crippen LogP contribution is 2.39. The van der Waals surface area contributed by atoms with E-state index in [9.17, 15) is 9.18 Å². The highest BCUT2D eigenvalue weighted by molar-refractivity contribution is 8.00. The quantitative estimate of drug-likeness (QED) is 0.861. The van der Waals surface area contributed by atoms with Crippen LogP contribution in [0.15, 0.2) is 23.1 Å². The molecule has 1 heterocycles. The first kappa shape index (κ1) is 10.5. The van der Waals surface area contributed by atoms with Crippen molar-refractivity contribution in [2.45, 2.75) is 29.4 Å². The molecule has 0 amide bonds. The largest absolute Gasteiger partial charge is 0.481 e. The zero-order chi connectivity index (χ0) is 10.8. The van der Waals surface area contributed by atoms with Crippen LogP contribution in [0.2, 0.25) is 0 Å². The van der Waals surface area contributed by atoms with Gasteiger partial charge in [-0.2, -0.15) is 0 Å². The van der Waals surface area contributed by atoms with E-state index < -0.39 is 5.97 Å². The monoisotopic (exact) mass is 226 g/mol. The van der Waals surface area contributed by atoms with Crippen LogP contribution in [0.4, 0.5) is 4.39 Å². The summed E-state index contributed by atoms with van der Waals surface area (Å²) in [5, 5.41) is 8.86. The molecule has 2 rings (SSSR count). The maximum Gasteiger partial charge on any atom is 0.303 e. The van der Waals surface area contributed by atoms with Crippen molar-refractivity contribution < 1.29 is 14.3 Å². The minimum atomic E-state index is -0.766. The molecule has 1 aromatic rings. The van der Waals surface area contributed by atoms with E-state index in [1.165, 1.54) is 6.07 Å². The van der Waals surface area contributed by atoms with Gasteiger partial charge in [-0.3, -0.25) is 4.79 Å². The molecule has 80 valence electrons. The molecule has 0 spiro atoms. The van der Waals surface area contributed by atoms with Gasteiger partial charge in [0.25, 0.3) is 0 Å². The molecule has 2 nitrogen and oxygen atoms in total. The number of carboxylic acid groups (broad SMARTS) is 1. The molecule has 4 heteroatoms. The Kier molecular flexibility index (Phi) is 2.95. The van der Waals surface area contributed by atoms with Crippen LogP contribution in [0, 0.1) is 5.82 Å². The third kappa shape index (κ3) is 2.50. The molecule has 1 atom stereocenters. The smallest absolute Gasteiger partial charge is 0.303 e. The van der Waals surface area contributed by atoms with Crippen LogP contribution in [-0.4, -0.2) is 16.3 Å². The molecule has 1 aromatic carbocycles. The van der Waals surface area contributed by atoms with Gasteiger partial charge in [0.15, 0.2) is 0 Å². The van der Waals surface area contributed by atoms with E-state index in [0.717, 1.165) is 16.9 Å². The second-order valence-electron chi connectivity index (χ2n) is 3.63. The lowest BCUT2D eigenvalue weighted by atomic mass is 10.1. The summed E-state index contributed by atoms with van der Waals surface area (Å²) in [5.41, 5.74) is 1.01. The number of thioether (sulfide) groups is 1. The van der Waals surface area contributed by atoms with Crippen molar-refractivity contribution >= 4 is 17.7 Å². The number of rotatable bonds is 3. The fourth-order valence-corrected chi connectivity index (χ4v) is 3.03. The number of halogens is 1. The maximum atomic E-state index is 12.9. The Morgan fingerprint density at radius 2 is 2.40 bits per heavy atom. The standard InChI is InChI=1S/C11H11FO2S/c12-8-1-3-10-7(5-8)6-9(15-10)2-4-11(13)14/h1,3,5,9H,2,4,6H2,(H,13,14). The summed E-state index contributed by atoms with van der Waals surface area (Å²) in [4.78, 5) is 11.5. The van der Waals surface area contributed by atoms with Gasteiger partial charge in [-0.05, 0) is 36.6 Å². The van der Waals surface area contributed by atoms with E-state index in [-0.39, 0.29) is 17.5 Å². The Morgan fingerprint density at radius 3 is 3.13 bits per heavy atom. The molecule has 0 radical (unpaired) electrons. The van der Waals surface area contributed by atoms with Crippen molar-refractivity contribution in [2.75, 3.05) is 0 Å². The molecule has 1 aliphatic rings. The van der Waals surface area contributed by atoms with Gasteiger partial charge in [0.1, 0.15) is 5.82 Å². The molecule has 1 aliphatic heterocycles. The van der Waals surface area contributed by atoms with Crippen molar-refractivity contribution in [2.24, 2.45) is 0 Å². The Morgan fingerprint density at radius 1 is 1.60 bits per heavy atom. The number of carboxylic acids is 1. The fraction of sp³-hybridized carbons (Fsp3) is 0.364. The van der Waals surface area contributed by atoms with Crippen LogP contribution < -0.4 is 0 Å². The number of fused-ring (bicyclic) bond motifs is 1. The third-order valence-electron chi connectivity index (χ3n) is 2.44. The van der Waals surface area contributed by atoms with E-state index in [0.29, 0.717) is 6.42 Å². The van der Waals surface area contributed by atoms with Crippen molar-refractivity contribution in [1.82, 2.24) is 0 Å². The van der Waals surface area contributed by atoms with Gasteiger partial charge in [0, 0.05) is 16.6 Å². The Labute approximate surface area is 91.5 Å². The minimum Gasteiger partial charge on any atom is -0.481 e. The summed E-state index contributed by atoms with van der Waals surface area (Å²) in [5.74, 6) is -0.981. The lowest BCUT2D eigenvalue weighted by molar-refractivity contribution is -0.137. The Balaban J connectivity index is 2.00. The number of hydrogen-bond donors (Lipinski definition) is 1. The van der Waals surface area contributed by atoms with E-state index in [1.807, 2.05) is 0 Å². The molecule has 0 fully saturated rings. The predicted molar refractivity (Wildman–Crippen MR) is 56.6 cm³/mol. The lowest BCUT2D eigenvalue weighted by Gasteiger charge is -2.04. The average molecular weight is 226 g/mol. The summed E-state index contributed by atoms with van der Waals surface area (Å²) in [6.07, 6.45) is 1.62. The second kappa shape index (κ2) is 4.23. The maximum absolute atomic E-state index is 12.9. The molecule has 15 heavy (non-hydrogen) atoms. The summed E-state index contributed by atoms with van der Waals surface area (Å²) in [7, 11) is 0. The molecule has 0 saturated carbocycles. The van der Waals surface area contributed by atoms with Crippen LogP contribution in [0.1, 0.15) is 18.4 Å². The number of hydrogen-bond acceptors (Lipinski definition) is 2. The normalized spacial score (nSPS) is 18.9. The van der Waals surface area contributed by atoms with Crippen molar-refractivity contribution in [3.8, 4) is 0 Å². The van der Waals surface area contributed by atoms with Crippen LogP contribution >= 0.6 is 11.8 Å². The highest BCUT2D eigenvalue weighted by atomic mass is 32.2. The van der Waals surface area contributed by atoms with E-state index in [2.05, 4.69) is 0 Å². The van der Waals surface area contributed by atoms with Gasteiger partial charge in [0.2, 0.25) is 0 Å². The average Bonchev–Trinajstić information content (AvgIpc) is 2.56. The van der Waals surface area contributed by atoms with Gasteiger partial charge in [-0.25, -0.2) is 4.39 Å². The zero-order valence-electron chi connectivity index (χ0n) is 8.07. The Bertz CT molecular complexity index is 392. The lowest BCUT2D eigenvalue weighted by Crippen LogP contribution is -2.04. The first-order valence-electron chi connectivity index (χ1n) is 4.82. The molecule has 1 unspecified atom stereocenters. The number of benzene rings is 1. The zero-order valence-corrected chi connectivity index (χ0v) is 8.89. The minimum absolute atomic E-state index is 0.189. The number of carbonyl (C=O) groups is 1. The SMILES string of the molecule is O=C(O)CCC1Cc2cc(F)ccc2S1. The summed E-state index contributed by atoms with van der Waals surface area (Å²) in [6, 6.07) is 4.77. The third-order valence-corrected chi connectivity index (χ3v) is 3.83. The first-order chi connectivity index (χ1) is 7.15. The molecule has 1 N–H and O–H groups in total. The van der Waals surface area contributed by atoms with Gasteiger partial charge >= 0.3 is 5.97 Å². The molecule has 0 bridgehead atoms. The fourth-order valence-electron chi connectivity index (χ4n) is 1.73. The topological polar surface area (TPSA) is 37.3 Å². The van der Waals surface area contributed by atoms with Gasteiger partial charge < -0.3 is 5.11 Å². The van der Waals surface area contributed by atoms with Gasteiger partial charge in [-0.15, -0.1) is 11.8 Å². The highest BCUT2D eigenvalue weighted by Gasteiger charge is 2.22. The second-order valence-corrected chi connectivity index (χ2v) is 4.97. The van der Waals surface area contributed by atoms with Gasteiger partial charge in [0.05, 0.1) is 0 Å². The summed E-state index contributed by atoms with van der Waals surface area (Å²) >= 11 is 1.66. The first-order valence-corrected chi connectivity index (χ1v) is 5.70. The van der Waals surface area contributed by atoms with Crippen LogP contribution in [-0.2, 0) is 11.2 Å². The number of aliphatic carboxylic acids is 1. The van der Waals surface area contributed by atoms with Crippen molar-refractivity contribution in [3.63, 3.8) is 0 Å². The van der Waals surface area contributed by atoms with Crippen molar-refractivity contribution in [1.29, 1.82) is 0 Å².